The van der Waals surface area contributed by atoms with Gasteiger partial charge in [-0.1, -0.05) is 12.1 Å². The first-order chi connectivity index (χ1) is 10.8. The van der Waals surface area contributed by atoms with Gasteiger partial charge in [-0.3, -0.25) is 0 Å². The summed E-state index contributed by atoms with van der Waals surface area (Å²) in [5.41, 5.74) is 0.856. The normalized spacial score (nSPS) is 13.5. The Hall–Kier alpha value is -2.74. The maximum absolute atomic E-state index is 13.1. The highest BCUT2D eigenvalue weighted by molar-refractivity contribution is 5.46. The van der Waals surface area contributed by atoms with Crippen LogP contribution in [0.3, 0.4) is 0 Å². The second-order valence-corrected chi connectivity index (χ2v) is 4.89. The van der Waals surface area contributed by atoms with Gasteiger partial charge >= 0.3 is 0 Å². The fourth-order valence-corrected chi connectivity index (χ4v) is 2.29. The summed E-state index contributed by atoms with van der Waals surface area (Å²) < 4.78 is 29.1. The van der Waals surface area contributed by atoms with Crippen molar-refractivity contribution in [3.05, 3.63) is 53.8 Å². The number of halogens is 1. The summed E-state index contributed by atoms with van der Waals surface area (Å²) >= 11 is 0. The zero-order valence-corrected chi connectivity index (χ0v) is 11.8. The molecule has 0 saturated heterocycles. The predicted molar refractivity (Wildman–Crippen MR) is 77.4 cm³/mol. The first-order valence-corrected chi connectivity index (χ1v) is 6.94. The van der Waals surface area contributed by atoms with Gasteiger partial charge in [-0.05, 0) is 29.8 Å². The van der Waals surface area contributed by atoms with Crippen LogP contribution in [0.2, 0.25) is 0 Å². The van der Waals surface area contributed by atoms with Crippen molar-refractivity contribution < 1.29 is 18.6 Å². The van der Waals surface area contributed by atoms with Crippen LogP contribution in [0.5, 0.6) is 17.2 Å². The minimum atomic E-state index is -0.342. The van der Waals surface area contributed by atoms with Crippen molar-refractivity contribution in [3.8, 4) is 23.3 Å². The lowest BCUT2D eigenvalue weighted by atomic mass is 9.97. The first-order valence-electron chi connectivity index (χ1n) is 6.94. The Balaban J connectivity index is 1.62. The third-order valence-corrected chi connectivity index (χ3v) is 3.43. The molecule has 0 spiro atoms. The topological polar surface area (TPSA) is 51.5 Å². The Labute approximate surface area is 127 Å². The fourth-order valence-electron chi connectivity index (χ4n) is 2.29. The molecule has 0 fully saturated rings. The van der Waals surface area contributed by atoms with Gasteiger partial charge in [-0.25, -0.2) is 4.39 Å². The molecule has 0 aliphatic carbocycles. The largest absolute Gasteiger partial charge is 0.493 e. The zero-order valence-electron chi connectivity index (χ0n) is 11.8. The van der Waals surface area contributed by atoms with Gasteiger partial charge in [-0.2, -0.15) is 5.26 Å². The molecule has 1 unspecified atom stereocenters. The number of rotatable bonds is 5. The highest BCUT2D eigenvalue weighted by Gasteiger charge is 2.18. The number of nitrogens with zero attached hydrogens (tertiary/aromatic N) is 1. The minimum absolute atomic E-state index is 0.207. The summed E-state index contributed by atoms with van der Waals surface area (Å²) in [5.74, 6) is 1.15. The minimum Gasteiger partial charge on any atom is -0.493 e. The van der Waals surface area contributed by atoms with Crippen molar-refractivity contribution in [1.82, 2.24) is 0 Å². The van der Waals surface area contributed by atoms with Crippen LogP contribution in [-0.2, 0) is 0 Å². The van der Waals surface area contributed by atoms with Gasteiger partial charge in [0.2, 0.25) is 6.79 Å². The van der Waals surface area contributed by atoms with Crippen molar-refractivity contribution in [2.24, 2.45) is 0 Å². The van der Waals surface area contributed by atoms with E-state index in [1.165, 1.54) is 12.1 Å². The van der Waals surface area contributed by atoms with E-state index in [9.17, 15) is 9.65 Å². The molecular formula is C17H14FNO3. The summed E-state index contributed by atoms with van der Waals surface area (Å²) in [7, 11) is 0. The van der Waals surface area contributed by atoms with Gasteiger partial charge in [-0.15, -0.1) is 0 Å². The van der Waals surface area contributed by atoms with Gasteiger partial charge in [0.15, 0.2) is 11.5 Å². The smallest absolute Gasteiger partial charge is 0.231 e. The van der Waals surface area contributed by atoms with Crippen LogP contribution < -0.4 is 14.2 Å². The van der Waals surface area contributed by atoms with Crippen molar-refractivity contribution in [3.63, 3.8) is 0 Å². The second-order valence-electron chi connectivity index (χ2n) is 4.89. The Bertz CT molecular complexity index is 711. The average molecular weight is 299 g/mol. The van der Waals surface area contributed by atoms with Crippen LogP contribution in [0.1, 0.15) is 17.9 Å². The van der Waals surface area contributed by atoms with Gasteiger partial charge in [0, 0.05) is 12.5 Å². The standard InChI is InChI=1S/C17H14FNO3/c18-14-2-1-3-15(9-14)20-7-6-13(10-19)12-4-5-16-17(8-12)22-11-21-16/h1-5,8-9,13H,6-7,11H2. The summed E-state index contributed by atoms with van der Waals surface area (Å²) in [6, 6.07) is 13.7. The van der Waals surface area contributed by atoms with Gasteiger partial charge in [0.25, 0.3) is 0 Å². The van der Waals surface area contributed by atoms with E-state index in [4.69, 9.17) is 14.2 Å². The molecular weight excluding hydrogens is 285 g/mol. The molecule has 0 amide bonds. The van der Waals surface area contributed by atoms with Gasteiger partial charge < -0.3 is 14.2 Å². The molecule has 2 aromatic rings. The van der Waals surface area contributed by atoms with Crippen LogP contribution >= 0.6 is 0 Å². The molecule has 22 heavy (non-hydrogen) atoms. The Morgan fingerprint density at radius 1 is 1.18 bits per heavy atom. The predicted octanol–water partition coefficient (Wildman–Crippen LogP) is 3.63. The highest BCUT2D eigenvalue weighted by Crippen LogP contribution is 2.35. The summed E-state index contributed by atoms with van der Waals surface area (Å²) in [6.45, 7) is 0.537. The van der Waals surface area contributed by atoms with E-state index in [-0.39, 0.29) is 18.5 Å². The quantitative estimate of drug-likeness (QED) is 0.846. The van der Waals surface area contributed by atoms with Crippen molar-refractivity contribution in [2.75, 3.05) is 13.4 Å². The third kappa shape index (κ3) is 3.12. The van der Waals surface area contributed by atoms with Crippen molar-refractivity contribution in [1.29, 1.82) is 5.26 Å². The number of benzene rings is 2. The van der Waals surface area contributed by atoms with E-state index in [2.05, 4.69) is 6.07 Å². The van der Waals surface area contributed by atoms with Crippen molar-refractivity contribution in [2.45, 2.75) is 12.3 Å². The molecule has 5 heteroatoms. The van der Waals surface area contributed by atoms with E-state index in [0.29, 0.717) is 30.3 Å². The third-order valence-electron chi connectivity index (χ3n) is 3.43. The molecule has 0 bridgehead atoms. The molecule has 1 aliphatic heterocycles. The fraction of sp³-hybridized carbons (Fsp3) is 0.235. The molecule has 112 valence electrons. The number of nitriles is 1. The second kappa shape index (κ2) is 6.35. The number of ether oxygens (including phenoxy) is 3. The van der Waals surface area contributed by atoms with Crippen LogP contribution in [-0.4, -0.2) is 13.4 Å². The monoisotopic (exact) mass is 299 g/mol. The van der Waals surface area contributed by atoms with E-state index in [1.54, 1.807) is 18.2 Å². The highest BCUT2D eigenvalue weighted by atomic mass is 19.1. The Kier molecular flexibility index (Phi) is 4.10. The Morgan fingerprint density at radius 2 is 2.05 bits per heavy atom. The molecule has 0 radical (unpaired) electrons. The first kappa shape index (κ1) is 14.2. The number of hydrogen-bond acceptors (Lipinski definition) is 4. The molecule has 4 nitrogen and oxygen atoms in total. The lowest BCUT2D eigenvalue weighted by molar-refractivity contribution is 0.174. The Morgan fingerprint density at radius 3 is 2.86 bits per heavy atom. The van der Waals surface area contributed by atoms with Gasteiger partial charge in [0.05, 0.1) is 18.6 Å². The maximum atomic E-state index is 13.1. The van der Waals surface area contributed by atoms with Crippen LogP contribution in [0.25, 0.3) is 0 Å². The number of fused-ring (bicyclic) bond motifs is 1. The van der Waals surface area contributed by atoms with Crippen LogP contribution in [0.15, 0.2) is 42.5 Å². The summed E-state index contributed by atoms with van der Waals surface area (Å²) in [4.78, 5) is 0. The average Bonchev–Trinajstić information content (AvgIpc) is 2.99. The van der Waals surface area contributed by atoms with E-state index in [1.807, 2.05) is 12.1 Å². The van der Waals surface area contributed by atoms with Crippen molar-refractivity contribution >= 4 is 0 Å². The molecule has 0 N–H and O–H groups in total. The maximum Gasteiger partial charge on any atom is 0.231 e. The lowest BCUT2D eigenvalue weighted by Crippen LogP contribution is -2.04. The molecule has 0 saturated carbocycles. The molecule has 0 aromatic heterocycles. The molecule has 1 atom stereocenters. The van der Waals surface area contributed by atoms with Crippen LogP contribution in [0, 0.1) is 17.1 Å². The SMILES string of the molecule is N#CC(CCOc1cccc(F)c1)c1ccc2c(c1)OCO2. The number of hydrogen-bond donors (Lipinski definition) is 0. The molecule has 3 rings (SSSR count). The van der Waals surface area contributed by atoms with E-state index >= 15 is 0 Å². The zero-order chi connectivity index (χ0) is 15.4. The molecule has 1 aliphatic rings. The molecule has 1 heterocycles. The summed E-state index contributed by atoms with van der Waals surface area (Å²) in [6.07, 6.45) is 0.507. The molecule has 2 aromatic carbocycles. The van der Waals surface area contributed by atoms with Crippen LogP contribution in [0.4, 0.5) is 4.39 Å². The van der Waals surface area contributed by atoms with Gasteiger partial charge in [0.1, 0.15) is 11.6 Å². The summed E-state index contributed by atoms with van der Waals surface area (Å²) in [5, 5.41) is 9.33. The van der Waals surface area contributed by atoms with E-state index in [0.717, 1.165) is 5.56 Å². The van der Waals surface area contributed by atoms with E-state index < -0.39 is 0 Å². The lowest BCUT2D eigenvalue weighted by Gasteiger charge is -2.11.